The summed E-state index contributed by atoms with van der Waals surface area (Å²) in [5.74, 6) is -0.219. The maximum atomic E-state index is 13.3. The van der Waals surface area contributed by atoms with Gasteiger partial charge in [-0.15, -0.1) is 0 Å². The van der Waals surface area contributed by atoms with Crippen LogP contribution in [0.2, 0.25) is 0 Å². The molecule has 0 nitrogen and oxygen atoms in total. The van der Waals surface area contributed by atoms with Gasteiger partial charge in [0.05, 0.1) is 0 Å². The van der Waals surface area contributed by atoms with Crippen LogP contribution in [0, 0.1) is 5.82 Å². The van der Waals surface area contributed by atoms with Crippen LogP contribution in [-0.4, -0.2) is 0 Å². The molecule has 0 saturated carbocycles. The Morgan fingerprint density at radius 2 is 1.58 bits per heavy atom. The highest BCUT2D eigenvalue weighted by molar-refractivity contribution is 9.10. The molecule has 0 heterocycles. The van der Waals surface area contributed by atoms with Gasteiger partial charge < -0.3 is 0 Å². The second kappa shape index (κ2) is 5.68. The van der Waals surface area contributed by atoms with Crippen molar-refractivity contribution in [3.63, 3.8) is 0 Å². The summed E-state index contributed by atoms with van der Waals surface area (Å²) in [6.45, 7) is 6.58. The lowest BCUT2D eigenvalue weighted by atomic mass is 9.87. The summed E-state index contributed by atoms with van der Waals surface area (Å²) in [4.78, 5) is 2.01. The second-order valence-corrected chi connectivity index (χ2v) is 7.54. The van der Waals surface area contributed by atoms with Crippen molar-refractivity contribution in [1.29, 1.82) is 0 Å². The van der Waals surface area contributed by atoms with Crippen LogP contribution in [0.1, 0.15) is 26.3 Å². The maximum Gasteiger partial charge on any atom is 0.125 e. The fourth-order valence-corrected chi connectivity index (χ4v) is 3.27. The van der Waals surface area contributed by atoms with Crippen molar-refractivity contribution in [2.75, 3.05) is 0 Å². The van der Waals surface area contributed by atoms with Gasteiger partial charge in [-0.25, -0.2) is 4.39 Å². The molecule has 0 unspecified atom stereocenters. The Balaban J connectivity index is 2.20. The third-order valence-electron chi connectivity index (χ3n) is 2.79. The van der Waals surface area contributed by atoms with E-state index in [0.29, 0.717) is 0 Å². The number of hydrogen-bond donors (Lipinski definition) is 0. The van der Waals surface area contributed by atoms with E-state index in [2.05, 4.69) is 61.0 Å². The molecule has 0 bridgehead atoms. The summed E-state index contributed by atoms with van der Waals surface area (Å²) < 4.78 is 14.1. The van der Waals surface area contributed by atoms with Gasteiger partial charge in [0.1, 0.15) is 5.82 Å². The topological polar surface area (TPSA) is 0 Å². The van der Waals surface area contributed by atoms with E-state index in [9.17, 15) is 4.39 Å². The van der Waals surface area contributed by atoms with Gasteiger partial charge in [0.2, 0.25) is 0 Å². The Kier molecular flexibility index (Phi) is 4.36. The van der Waals surface area contributed by atoms with E-state index in [-0.39, 0.29) is 11.2 Å². The van der Waals surface area contributed by atoms with E-state index in [1.165, 1.54) is 11.6 Å². The first-order valence-electron chi connectivity index (χ1n) is 6.09. The molecule has 0 aromatic heterocycles. The summed E-state index contributed by atoms with van der Waals surface area (Å²) in [6, 6.07) is 13.4. The molecule has 0 amide bonds. The molecular formula is C16H16BrFS. The van der Waals surface area contributed by atoms with Gasteiger partial charge >= 0.3 is 0 Å². The molecule has 19 heavy (non-hydrogen) atoms. The summed E-state index contributed by atoms with van der Waals surface area (Å²) in [7, 11) is 0. The van der Waals surface area contributed by atoms with Crippen molar-refractivity contribution in [2.24, 2.45) is 0 Å². The summed E-state index contributed by atoms with van der Waals surface area (Å²) in [5.41, 5.74) is 1.46. The average molecular weight is 339 g/mol. The van der Waals surface area contributed by atoms with Crippen LogP contribution < -0.4 is 0 Å². The monoisotopic (exact) mass is 338 g/mol. The molecule has 0 aliphatic carbocycles. The molecule has 3 heteroatoms. The van der Waals surface area contributed by atoms with Gasteiger partial charge in [-0.2, -0.15) is 0 Å². The molecule has 0 N–H and O–H groups in total. The van der Waals surface area contributed by atoms with Gasteiger partial charge in [0.25, 0.3) is 0 Å². The van der Waals surface area contributed by atoms with Crippen molar-refractivity contribution in [1.82, 2.24) is 0 Å². The summed E-state index contributed by atoms with van der Waals surface area (Å²) >= 11 is 4.88. The molecule has 0 aliphatic heterocycles. The maximum absolute atomic E-state index is 13.3. The average Bonchev–Trinajstić information content (AvgIpc) is 2.26. The van der Waals surface area contributed by atoms with E-state index >= 15 is 0 Å². The molecule has 0 saturated heterocycles. The van der Waals surface area contributed by atoms with Crippen LogP contribution in [0.3, 0.4) is 0 Å². The Bertz CT molecular complexity index is 550. The third-order valence-corrected chi connectivity index (χ3v) is 4.23. The lowest BCUT2D eigenvalue weighted by Crippen LogP contribution is -2.10. The van der Waals surface area contributed by atoms with Crippen LogP contribution in [0.15, 0.2) is 56.7 Å². The highest BCUT2D eigenvalue weighted by Gasteiger charge is 2.13. The number of rotatable bonds is 2. The van der Waals surface area contributed by atoms with Gasteiger partial charge in [0, 0.05) is 14.3 Å². The fourth-order valence-electron chi connectivity index (χ4n) is 1.75. The van der Waals surface area contributed by atoms with Crippen LogP contribution in [-0.2, 0) is 5.41 Å². The largest absolute Gasteiger partial charge is 0.207 e. The standard InChI is InChI=1S/C16H16BrFS/c1-16(2,3)11-4-6-14(7-5-11)19-15-9-12(17)8-13(18)10-15/h4-10H,1-3H3. The van der Waals surface area contributed by atoms with E-state index in [1.54, 1.807) is 17.8 Å². The van der Waals surface area contributed by atoms with Crippen molar-refractivity contribution >= 4 is 27.7 Å². The minimum atomic E-state index is -0.219. The Hall–Kier alpha value is -0.800. The molecule has 0 atom stereocenters. The molecular weight excluding hydrogens is 323 g/mol. The molecule has 0 aliphatic rings. The van der Waals surface area contributed by atoms with E-state index in [4.69, 9.17) is 0 Å². The van der Waals surface area contributed by atoms with E-state index in [0.717, 1.165) is 14.3 Å². The Morgan fingerprint density at radius 1 is 0.947 bits per heavy atom. The van der Waals surface area contributed by atoms with E-state index < -0.39 is 0 Å². The van der Waals surface area contributed by atoms with E-state index in [1.807, 2.05) is 6.07 Å². The summed E-state index contributed by atoms with van der Waals surface area (Å²) in [6.07, 6.45) is 0. The zero-order valence-corrected chi connectivity index (χ0v) is 13.6. The first kappa shape index (κ1) is 14.6. The number of benzene rings is 2. The molecule has 2 aromatic rings. The minimum absolute atomic E-state index is 0.158. The smallest absolute Gasteiger partial charge is 0.125 e. The van der Waals surface area contributed by atoms with Crippen LogP contribution in [0.25, 0.3) is 0 Å². The summed E-state index contributed by atoms with van der Waals surface area (Å²) in [5, 5.41) is 0. The second-order valence-electron chi connectivity index (χ2n) is 5.48. The Morgan fingerprint density at radius 3 is 2.11 bits per heavy atom. The van der Waals surface area contributed by atoms with Crippen molar-refractivity contribution in [3.8, 4) is 0 Å². The third kappa shape index (κ3) is 4.08. The molecule has 0 spiro atoms. The zero-order valence-electron chi connectivity index (χ0n) is 11.2. The number of halogens is 2. The lowest BCUT2D eigenvalue weighted by Gasteiger charge is -2.19. The molecule has 2 aromatic carbocycles. The van der Waals surface area contributed by atoms with Crippen molar-refractivity contribution < 1.29 is 4.39 Å². The highest BCUT2D eigenvalue weighted by atomic mass is 79.9. The number of hydrogen-bond acceptors (Lipinski definition) is 1. The normalized spacial score (nSPS) is 11.6. The quantitative estimate of drug-likeness (QED) is 0.643. The predicted molar refractivity (Wildman–Crippen MR) is 83.4 cm³/mol. The predicted octanol–water partition coefficient (Wildman–Crippen LogP) is 6.04. The van der Waals surface area contributed by atoms with Crippen LogP contribution >= 0.6 is 27.7 Å². The van der Waals surface area contributed by atoms with Crippen LogP contribution in [0.5, 0.6) is 0 Å². The lowest BCUT2D eigenvalue weighted by molar-refractivity contribution is 0.590. The minimum Gasteiger partial charge on any atom is -0.207 e. The first-order chi connectivity index (χ1) is 8.84. The van der Waals surface area contributed by atoms with Gasteiger partial charge in [-0.1, -0.05) is 60.6 Å². The molecule has 0 fully saturated rings. The van der Waals surface area contributed by atoms with Gasteiger partial charge in [0.15, 0.2) is 0 Å². The molecule has 2 rings (SSSR count). The zero-order chi connectivity index (χ0) is 14.0. The van der Waals surface area contributed by atoms with Gasteiger partial charge in [-0.05, 0) is 41.3 Å². The molecule has 0 radical (unpaired) electrons. The van der Waals surface area contributed by atoms with Crippen molar-refractivity contribution in [3.05, 3.63) is 58.3 Å². The van der Waals surface area contributed by atoms with Crippen LogP contribution in [0.4, 0.5) is 4.39 Å². The first-order valence-corrected chi connectivity index (χ1v) is 7.70. The SMILES string of the molecule is CC(C)(C)c1ccc(Sc2cc(F)cc(Br)c2)cc1. The van der Waals surface area contributed by atoms with Crippen molar-refractivity contribution in [2.45, 2.75) is 36.0 Å². The Labute approximate surface area is 126 Å². The van der Waals surface area contributed by atoms with Gasteiger partial charge in [-0.3, -0.25) is 0 Å². The fraction of sp³-hybridized carbons (Fsp3) is 0.250. The highest BCUT2D eigenvalue weighted by Crippen LogP contribution is 2.32. The molecule has 100 valence electrons.